The molecule has 2 N–H and O–H groups in total. The Balaban J connectivity index is 1.34. The van der Waals surface area contributed by atoms with Crippen molar-refractivity contribution < 1.29 is 18.8 Å². The van der Waals surface area contributed by atoms with Crippen LogP contribution < -0.4 is 10.6 Å². The number of anilines is 1. The summed E-state index contributed by atoms with van der Waals surface area (Å²) in [6.07, 6.45) is 3.81. The van der Waals surface area contributed by atoms with Crippen molar-refractivity contribution in [3.63, 3.8) is 0 Å². The molecule has 7 nitrogen and oxygen atoms in total. The third-order valence-electron chi connectivity index (χ3n) is 6.17. The first-order chi connectivity index (χ1) is 14.9. The van der Waals surface area contributed by atoms with Crippen molar-refractivity contribution in [2.24, 2.45) is 5.92 Å². The second-order valence-corrected chi connectivity index (χ2v) is 8.59. The van der Waals surface area contributed by atoms with Gasteiger partial charge < -0.3 is 20.0 Å². The molecule has 7 heteroatoms. The van der Waals surface area contributed by atoms with E-state index in [4.69, 9.17) is 4.42 Å². The molecule has 0 radical (unpaired) electrons. The van der Waals surface area contributed by atoms with Crippen molar-refractivity contribution in [2.45, 2.75) is 46.0 Å². The third kappa shape index (κ3) is 4.65. The molecule has 2 heterocycles. The lowest BCUT2D eigenvalue weighted by atomic mass is 9.93. The summed E-state index contributed by atoms with van der Waals surface area (Å²) in [5.41, 5.74) is 3.16. The Morgan fingerprint density at radius 1 is 1.13 bits per heavy atom. The number of likely N-dealkylation sites (tertiary alicyclic amines) is 1. The normalized spacial score (nSPS) is 18.5. The van der Waals surface area contributed by atoms with Gasteiger partial charge in [-0.25, -0.2) is 4.79 Å². The highest BCUT2D eigenvalue weighted by atomic mass is 16.4. The lowest BCUT2D eigenvalue weighted by Gasteiger charge is -2.32. The average molecular weight is 424 g/mol. The van der Waals surface area contributed by atoms with E-state index in [9.17, 15) is 14.4 Å². The summed E-state index contributed by atoms with van der Waals surface area (Å²) in [6, 6.07) is 7.38. The largest absolute Gasteiger partial charge is 0.455 e. The summed E-state index contributed by atoms with van der Waals surface area (Å²) in [4.78, 5) is 39.4. The van der Waals surface area contributed by atoms with Gasteiger partial charge >= 0.3 is 6.03 Å². The first kappa shape index (κ1) is 21.2. The number of aryl methyl sites for hydroxylation is 2. The molecule has 1 aliphatic heterocycles. The number of rotatable bonds is 4. The van der Waals surface area contributed by atoms with Crippen LogP contribution in [0.3, 0.4) is 0 Å². The van der Waals surface area contributed by atoms with Crippen molar-refractivity contribution in [3.8, 4) is 0 Å². The lowest BCUT2D eigenvalue weighted by Crippen LogP contribution is -2.44. The number of fused-ring (bicyclic) bond motifs is 1. The molecule has 1 fully saturated rings. The number of piperidine rings is 1. The van der Waals surface area contributed by atoms with Gasteiger partial charge in [-0.05, 0) is 51.2 Å². The van der Waals surface area contributed by atoms with Crippen molar-refractivity contribution in [1.29, 1.82) is 0 Å². The number of benzene rings is 1. The first-order valence-corrected chi connectivity index (χ1v) is 11.0. The number of nitrogens with one attached hydrogen (secondary N) is 2. The van der Waals surface area contributed by atoms with E-state index in [1.54, 1.807) is 11.8 Å². The summed E-state index contributed by atoms with van der Waals surface area (Å²) in [7, 11) is 0. The van der Waals surface area contributed by atoms with Crippen molar-refractivity contribution in [1.82, 2.24) is 10.2 Å². The van der Waals surface area contributed by atoms with E-state index >= 15 is 0 Å². The van der Waals surface area contributed by atoms with Crippen LogP contribution in [0.4, 0.5) is 10.5 Å². The van der Waals surface area contributed by atoms with E-state index in [1.165, 1.54) is 0 Å². The number of furan rings is 1. The van der Waals surface area contributed by atoms with E-state index in [0.29, 0.717) is 55.1 Å². The van der Waals surface area contributed by atoms with Gasteiger partial charge in [-0.15, -0.1) is 0 Å². The fraction of sp³-hybridized carbons (Fsp3) is 0.458. The number of carbonyl (C=O) groups is 3. The predicted molar refractivity (Wildman–Crippen MR) is 118 cm³/mol. The maximum atomic E-state index is 13.1. The van der Waals surface area contributed by atoms with Gasteiger partial charge in [0.05, 0.1) is 5.56 Å². The quantitative estimate of drug-likeness (QED) is 0.775. The van der Waals surface area contributed by atoms with Crippen molar-refractivity contribution >= 4 is 23.4 Å². The molecule has 4 rings (SSSR count). The fourth-order valence-corrected chi connectivity index (χ4v) is 4.46. The van der Waals surface area contributed by atoms with Crippen LogP contribution in [-0.2, 0) is 6.42 Å². The molecule has 1 atom stereocenters. The van der Waals surface area contributed by atoms with Gasteiger partial charge in [0.25, 0.3) is 5.91 Å². The van der Waals surface area contributed by atoms with Crippen LogP contribution in [0.25, 0.3) is 0 Å². The van der Waals surface area contributed by atoms with Crippen molar-refractivity contribution in [2.75, 3.05) is 25.0 Å². The van der Waals surface area contributed by atoms with Crippen molar-refractivity contribution in [3.05, 3.63) is 52.5 Å². The number of carbonyl (C=O) groups excluding carboxylic acids is 3. The molecule has 31 heavy (non-hydrogen) atoms. The molecule has 0 spiro atoms. The zero-order chi connectivity index (χ0) is 22.0. The molecule has 2 aliphatic rings. The van der Waals surface area contributed by atoms with E-state index in [2.05, 4.69) is 10.6 Å². The summed E-state index contributed by atoms with van der Waals surface area (Å²) in [5.74, 6) is 1.04. The minimum absolute atomic E-state index is 0.0712. The molecule has 1 aromatic heterocycles. The van der Waals surface area contributed by atoms with Crippen LogP contribution in [-0.4, -0.2) is 42.3 Å². The molecule has 0 bridgehead atoms. The smallest absolute Gasteiger partial charge is 0.319 e. The van der Waals surface area contributed by atoms with E-state index in [0.717, 1.165) is 30.5 Å². The molecule has 1 aliphatic carbocycles. The van der Waals surface area contributed by atoms with Gasteiger partial charge in [-0.2, -0.15) is 0 Å². The number of nitrogens with zero attached hydrogens (tertiary/aromatic N) is 1. The van der Waals surface area contributed by atoms with Gasteiger partial charge in [0.2, 0.25) is 0 Å². The van der Waals surface area contributed by atoms with E-state index in [-0.39, 0.29) is 23.6 Å². The van der Waals surface area contributed by atoms with E-state index < -0.39 is 0 Å². The summed E-state index contributed by atoms with van der Waals surface area (Å²) < 4.78 is 5.84. The highest BCUT2D eigenvalue weighted by Crippen LogP contribution is 2.30. The number of hydrogen-bond acceptors (Lipinski definition) is 4. The number of urea groups is 1. The second-order valence-electron chi connectivity index (χ2n) is 8.59. The Kier molecular flexibility index (Phi) is 6.11. The Hall–Kier alpha value is -3.09. The molecule has 2 aromatic rings. The topological polar surface area (TPSA) is 91.7 Å². The highest BCUT2D eigenvalue weighted by molar-refractivity contribution is 6.03. The van der Waals surface area contributed by atoms with Gasteiger partial charge in [-0.3, -0.25) is 9.59 Å². The zero-order valence-electron chi connectivity index (χ0n) is 18.1. The summed E-state index contributed by atoms with van der Waals surface area (Å²) in [5, 5.41) is 5.75. The average Bonchev–Trinajstić information content (AvgIpc) is 3.11. The Labute approximate surface area is 182 Å². The minimum Gasteiger partial charge on any atom is -0.455 e. The molecule has 1 saturated heterocycles. The Morgan fingerprint density at radius 2 is 1.90 bits per heavy atom. The van der Waals surface area contributed by atoms with Crippen LogP contribution in [0.15, 0.2) is 28.7 Å². The van der Waals surface area contributed by atoms with Crippen LogP contribution in [0.1, 0.15) is 63.5 Å². The zero-order valence-corrected chi connectivity index (χ0v) is 18.1. The summed E-state index contributed by atoms with van der Waals surface area (Å²) in [6.45, 7) is 5.51. The third-order valence-corrected chi connectivity index (χ3v) is 6.17. The van der Waals surface area contributed by atoms with Gasteiger partial charge in [0, 0.05) is 43.7 Å². The second kappa shape index (κ2) is 8.96. The van der Waals surface area contributed by atoms with Crippen LogP contribution >= 0.6 is 0 Å². The van der Waals surface area contributed by atoms with E-state index in [1.807, 2.05) is 31.2 Å². The minimum atomic E-state index is -0.250. The standard InChI is InChI=1S/C24H29N3O4/c1-15-8-10-18(11-9-15)26-24(30)25-13-17-5-4-12-27(14-17)23(29)22-16(2)21-19(28)6-3-7-20(21)31-22/h8-11,17H,3-7,12-14H2,1-2H3,(H2,25,26,30). The number of ketones is 1. The predicted octanol–water partition coefficient (Wildman–Crippen LogP) is 4.09. The monoisotopic (exact) mass is 423 g/mol. The molecule has 1 aromatic carbocycles. The maximum Gasteiger partial charge on any atom is 0.319 e. The number of Topliss-reactive ketones (excluding diaryl/α,β-unsaturated/α-hetero) is 1. The van der Waals surface area contributed by atoms with Gasteiger partial charge in [0.1, 0.15) is 5.76 Å². The molecule has 164 valence electrons. The van der Waals surface area contributed by atoms with Crippen LogP contribution in [0, 0.1) is 19.8 Å². The fourth-order valence-electron chi connectivity index (χ4n) is 4.46. The molecular weight excluding hydrogens is 394 g/mol. The Morgan fingerprint density at radius 3 is 2.65 bits per heavy atom. The van der Waals surface area contributed by atoms with Crippen LogP contribution in [0.5, 0.6) is 0 Å². The molecule has 1 unspecified atom stereocenters. The molecule has 3 amide bonds. The SMILES string of the molecule is Cc1ccc(NC(=O)NCC2CCCN(C(=O)c3oc4c(c3C)C(=O)CCC4)C2)cc1. The highest BCUT2D eigenvalue weighted by Gasteiger charge is 2.32. The van der Waals surface area contributed by atoms with Crippen LogP contribution in [0.2, 0.25) is 0 Å². The molecule has 0 saturated carbocycles. The summed E-state index contributed by atoms with van der Waals surface area (Å²) >= 11 is 0. The maximum absolute atomic E-state index is 13.1. The number of amides is 3. The Bertz CT molecular complexity index is 993. The van der Waals surface area contributed by atoms with Gasteiger partial charge in [0.15, 0.2) is 11.5 Å². The van der Waals surface area contributed by atoms with Gasteiger partial charge in [-0.1, -0.05) is 17.7 Å². The number of hydrogen-bond donors (Lipinski definition) is 2. The lowest BCUT2D eigenvalue weighted by molar-refractivity contribution is 0.0639. The molecular formula is C24H29N3O4. The first-order valence-electron chi connectivity index (χ1n) is 11.0.